The van der Waals surface area contributed by atoms with Crippen LogP contribution in [-0.2, 0) is 4.74 Å². The molecule has 6 nitrogen and oxygen atoms in total. The summed E-state index contributed by atoms with van der Waals surface area (Å²) < 4.78 is 16.0. The second kappa shape index (κ2) is 10.0. The van der Waals surface area contributed by atoms with E-state index in [1.807, 2.05) is 56.3 Å². The lowest BCUT2D eigenvalue weighted by atomic mass is 10.2. The maximum absolute atomic E-state index is 12.8. The molecule has 2 aromatic carbocycles. The van der Waals surface area contributed by atoms with Gasteiger partial charge < -0.3 is 19.5 Å². The molecule has 0 spiro atoms. The van der Waals surface area contributed by atoms with Gasteiger partial charge in [-0.05, 0) is 50.2 Å². The van der Waals surface area contributed by atoms with Crippen LogP contribution < -0.4 is 14.8 Å². The van der Waals surface area contributed by atoms with Crippen LogP contribution in [0.15, 0.2) is 48.5 Å². The molecule has 3 rings (SSSR count). The summed E-state index contributed by atoms with van der Waals surface area (Å²) in [4.78, 5) is 17.9. The van der Waals surface area contributed by atoms with E-state index in [0.29, 0.717) is 41.8 Å². The van der Waals surface area contributed by atoms with Crippen molar-refractivity contribution in [3.05, 3.63) is 59.1 Å². The molecule has 0 saturated heterocycles. The second-order valence-electron chi connectivity index (χ2n) is 6.21. The highest BCUT2D eigenvalue weighted by molar-refractivity contribution is 7.17. The van der Waals surface area contributed by atoms with Crippen LogP contribution in [0.1, 0.15) is 22.3 Å². The first-order chi connectivity index (χ1) is 14.1. The lowest BCUT2D eigenvalue weighted by Gasteiger charge is -2.08. The number of aromatic nitrogens is 1. The van der Waals surface area contributed by atoms with E-state index >= 15 is 0 Å². The average Bonchev–Trinajstić information content (AvgIpc) is 3.11. The molecule has 0 aliphatic heterocycles. The third-order valence-corrected chi connectivity index (χ3v) is 5.27. The molecule has 0 radical (unpaired) electrons. The van der Waals surface area contributed by atoms with E-state index in [2.05, 4.69) is 10.3 Å². The topological polar surface area (TPSA) is 69.7 Å². The predicted octanol–water partition coefficient (Wildman–Crippen LogP) is 4.79. The molecule has 1 amide bonds. The van der Waals surface area contributed by atoms with Gasteiger partial charge in [0.05, 0.1) is 18.9 Å². The highest BCUT2D eigenvalue weighted by atomic mass is 32.1. The van der Waals surface area contributed by atoms with E-state index in [4.69, 9.17) is 14.2 Å². The van der Waals surface area contributed by atoms with Gasteiger partial charge in [-0.2, -0.15) is 0 Å². The summed E-state index contributed by atoms with van der Waals surface area (Å²) >= 11 is 1.37. The number of ether oxygens (including phenoxy) is 3. The highest BCUT2D eigenvalue weighted by Crippen LogP contribution is 2.30. The van der Waals surface area contributed by atoms with Gasteiger partial charge in [0, 0.05) is 24.4 Å². The number of hydrogen-bond donors (Lipinski definition) is 1. The lowest BCUT2D eigenvalue weighted by Crippen LogP contribution is -2.11. The van der Waals surface area contributed by atoms with Gasteiger partial charge in [0.1, 0.15) is 28.0 Å². The fourth-order valence-corrected chi connectivity index (χ4v) is 3.65. The normalized spacial score (nSPS) is 10.6. The zero-order valence-corrected chi connectivity index (χ0v) is 17.5. The van der Waals surface area contributed by atoms with Crippen molar-refractivity contribution in [3.63, 3.8) is 0 Å². The first kappa shape index (κ1) is 20.8. The highest BCUT2D eigenvalue weighted by Gasteiger charge is 2.17. The number of carbonyl (C=O) groups excluding carboxylic acids is 1. The van der Waals surface area contributed by atoms with Crippen molar-refractivity contribution in [1.29, 1.82) is 0 Å². The number of benzene rings is 2. The van der Waals surface area contributed by atoms with Crippen LogP contribution in [0, 0.1) is 6.92 Å². The summed E-state index contributed by atoms with van der Waals surface area (Å²) in [5, 5.41) is 3.72. The SMILES string of the molecule is CCOc1ccc(-c2nc(C)c(C(=O)Nc3cccc(OCCOC)c3)s2)cc1. The molecule has 0 aliphatic rings. The van der Waals surface area contributed by atoms with Gasteiger partial charge >= 0.3 is 0 Å². The van der Waals surface area contributed by atoms with E-state index in [9.17, 15) is 4.79 Å². The maximum atomic E-state index is 12.8. The number of carbonyl (C=O) groups is 1. The number of thiazole rings is 1. The number of aryl methyl sites for hydroxylation is 1. The second-order valence-corrected chi connectivity index (χ2v) is 7.21. The smallest absolute Gasteiger partial charge is 0.267 e. The minimum Gasteiger partial charge on any atom is -0.494 e. The lowest BCUT2D eigenvalue weighted by molar-refractivity contribution is 0.102. The molecular formula is C22H24N2O4S. The Balaban J connectivity index is 1.71. The van der Waals surface area contributed by atoms with Crippen molar-refractivity contribution >= 4 is 22.9 Å². The quantitative estimate of drug-likeness (QED) is 0.512. The minimum absolute atomic E-state index is 0.189. The molecule has 1 heterocycles. The van der Waals surface area contributed by atoms with Crippen molar-refractivity contribution in [3.8, 4) is 22.1 Å². The Morgan fingerprint density at radius 2 is 1.86 bits per heavy atom. The number of nitrogens with zero attached hydrogens (tertiary/aromatic N) is 1. The van der Waals surface area contributed by atoms with E-state index in [-0.39, 0.29) is 5.91 Å². The molecule has 7 heteroatoms. The van der Waals surface area contributed by atoms with Gasteiger partial charge in [-0.3, -0.25) is 4.79 Å². The number of nitrogens with one attached hydrogen (secondary N) is 1. The number of rotatable bonds is 9. The number of hydrogen-bond acceptors (Lipinski definition) is 6. The Labute approximate surface area is 174 Å². The monoisotopic (exact) mass is 412 g/mol. The summed E-state index contributed by atoms with van der Waals surface area (Å²) in [5.41, 5.74) is 2.32. The molecule has 29 heavy (non-hydrogen) atoms. The van der Waals surface area contributed by atoms with E-state index in [0.717, 1.165) is 16.3 Å². The number of anilines is 1. The molecule has 0 atom stereocenters. The van der Waals surface area contributed by atoms with Crippen molar-refractivity contribution in [2.24, 2.45) is 0 Å². The maximum Gasteiger partial charge on any atom is 0.267 e. The van der Waals surface area contributed by atoms with Gasteiger partial charge in [-0.15, -0.1) is 11.3 Å². The number of amides is 1. The molecule has 152 valence electrons. The third kappa shape index (κ3) is 5.56. The zero-order chi connectivity index (χ0) is 20.6. The van der Waals surface area contributed by atoms with E-state index in [1.165, 1.54) is 11.3 Å². The summed E-state index contributed by atoms with van der Waals surface area (Å²) in [7, 11) is 1.62. The Morgan fingerprint density at radius 3 is 2.59 bits per heavy atom. The molecule has 1 N–H and O–H groups in total. The van der Waals surface area contributed by atoms with E-state index < -0.39 is 0 Å². The Hall–Kier alpha value is -2.90. The minimum atomic E-state index is -0.189. The Morgan fingerprint density at radius 1 is 1.07 bits per heavy atom. The summed E-state index contributed by atoms with van der Waals surface area (Å²) in [6, 6.07) is 15.0. The van der Waals surface area contributed by atoms with Gasteiger partial charge in [-0.1, -0.05) is 6.07 Å². The molecule has 0 aliphatic carbocycles. The van der Waals surface area contributed by atoms with Crippen LogP contribution in [0.4, 0.5) is 5.69 Å². The van der Waals surface area contributed by atoms with Gasteiger partial charge in [-0.25, -0.2) is 4.98 Å². The predicted molar refractivity (Wildman–Crippen MR) is 115 cm³/mol. The largest absolute Gasteiger partial charge is 0.494 e. The van der Waals surface area contributed by atoms with Gasteiger partial charge in [0.15, 0.2) is 0 Å². The molecule has 1 aromatic heterocycles. The van der Waals surface area contributed by atoms with Gasteiger partial charge in [0.2, 0.25) is 0 Å². The molecule has 0 saturated carbocycles. The first-order valence-electron chi connectivity index (χ1n) is 9.34. The molecule has 0 fully saturated rings. The zero-order valence-electron chi connectivity index (χ0n) is 16.7. The standard InChI is InChI=1S/C22H24N2O4S/c1-4-27-18-10-8-16(9-11-18)22-23-15(2)20(29-22)21(25)24-17-6-5-7-19(14-17)28-13-12-26-3/h5-11,14H,4,12-13H2,1-3H3,(H,24,25). The summed E-state index contributed by atoms with van der Waals surface area (Å²) in [6.45, 7) is 5.37. The summed E-state index contributed by atoms with van der Waals surface area (Å²) in [6.07, 6.45) is 0. The first-order valence-corrected chi connectivity index (χ1v) is 10.2. The third-order valence-electron chi connectivity index (χ3n) is 4.06. The van der Waals surface area contributed by atoms with Crippen LogP contribution >= 0.6 is 11.3 Å². The van der Waals surface area contributed by atoms with Crippen molar-refractivity contribution in [2.75, 3.05) is 32.2 Å². The van der Waals surface area contributed by atoms with Crippen LogP contribution in [0.25, 0.3) is 10.6 Å². The average molecular weight is 413 g/mol. The van der Waals surface area contributed by atoms with Crippen LogP contribution in [-0.4, -0.2) is 37.8 Å². The fourth-order valence-electron chi connectivity index (χ4n) is 2.69. The van der Waals surface area contributed by atoms with Gasteiger partial charge in [0.25, 0.3) is 5.91 Å². The Bertz CT molecular complexity index is 954. The molecule has 3 aromatic rings. The molecule has 0 unspecified atom stereocenters. The van der Waals surface area contributed by atoms with Crippen LogP contribution in [0.3, 0.4) is 0 Å². The molecular weight excluding hydrogens is 388 g/mol. The van der Waals surface area contributed by atoms with Crippen molar-refractivity contribution in [2.45, 2.75) is 13.8 Å². The fraction of sp³-hybridized carbons (Fsp3) is 0.273. The van der Waals surface area contributed by atoms with Crippen molar-refractivity contribution in [1.82, 2.24) is 4.98 Å². The Kier molecular flexibility index (Phi) is 7.21. The van der Waals surface area contributed by atoms with Crippen LogP contribution in [0.5, 0.6) is 11.5 Å². The van der Waals surface area contributed by atoms with E-state index in [1.54, 1.807) is 13.2 Å². The molecule has 0 bridgehead atoms. The number of methoxy groups -OCH3 is 1. The summed E-state index contributed by atoms with van der Waals surface area (Å²) in [5.74, 6) is 1.30. The van der Waals surface area contributed by atoms with Crippen LogP contribution in [0.2, 0.25) is 0 Å². The van der Waals surface area contributed by atoms with Crippen molar-refractivity contribution < 1.29 is 19.0 Å².